The van der Waals surface area contributed by atoms with Crippen LogP contribution in [0.3, 0.4) is 0 Å². The van der Waals surface area contributed by atoms with Crippen LogP contribution in [-0.2, 0) is 0 Å². The van der Waals surface area contributed by atoms with E-state index in [1.54, 1.807) is 12.1 Å². The number of rotatable bonds is 4. The van der Waals surface area contributed by atoms with Crippen LogP contribution in [0.25, 0.3) is 5.65 Å². The van der Waals surface area contributed by atoms with Gasteiger partial charge in [-0.25, -0.2) is 8.78 Å². The first-order valence-corrected chi connectivity index (χ1v) is 6.53. The maximum Gasteiger partial charge on any atom is 0.299 e. The minimum Gasteiger partial charge on any atom is -0.394 e. The molecule has 0 atom stereocenters. The lowest BCUT2D eigenvalue weighted by molar-refractivity contribution is 0.137. The van der Waals surface area contributed by atoms with Gasteiger partial charge in [-0.15, -0.1) is 15.3 Å². The zero-order valence-corrected chi connectivity index (χ0v) is 10.8. The zero-order chi connectivity index (χ0) is 14.2. The molecule has 108 valence electrons. The molecule has 8 heteroatoms. The van der Waals surface area contributed by atoms with Gasteiger partial charge in [0.05, 0.1) is 12.1 Å². The second-order valence-corrected chi connectivity index (χ2v) is 5.12. The van der Waals surface area contributed by atoms with Crippen molar-refractivity contribution >= 4 is 11.5 Å². The standard InChI is InChI=1S/C12H15F2N5O/c13-10(14)11-17-16-9-4-3-8(18-19(9)11)15-12(7-20)5-1-2-6-12/h3-4,10,20H,1-2,5-7H2,(H,15,18). The normalized spacial score (nSPS) is 18.0. The van der Waals surface area contributed by atoms with Crippen molar-refractivity contribution in [1.82, 2.24) is 19.8 Å². The summed E-state index contributed by atoms with van der Waals surface area (Å²) in [6, 6.07) is 3.24. The predicted octanol–water partition coefficient (Wildman–Crippen LogP) is 1.78. The van der Waals surface area contributed by atoms with Crippen molar-refractivity contribution in [3.8, 4) is 0 Å². The summed E-state index contributed by atoms with van der Waals surface area (Å²) in [5, 5.41) is 23.9. The highest BCUT2D eigenvalue weighted by atomic mass is 19.3. The van der Waals surface area contributed by atoms with E-state index in [1.165, 1.54) is 0 Å². The molecule has 0 aliphatic heterocycles. The molecule has 0 unspecified atom stereocenters. The Kier molecular flexibility index (Phi) is 3.25. The topological polar surface area (TPSA) is 75.3 Å². The van der Waals surface area contributed by atoms with Crippen molar-refractivity contribution in [1.29, 1.82) is 0 Å². The number of fused-ring (bicyclic) bond motifs is 1. The van der Waals surface area contributed by atoms with Crippen LogP contribution in [0.15, 0.2) is 12.1 Å². The monoisotopic (exact) mass is 283 g/mol. The van der Waals surface area contributed by atoms with E-state index in [2.05, 4.69) is 20.6 Å². The molecular formula is C12H15F2N5O. The Bertz CT molecular complexity index is 609. The summed E-state index contributed by atoms with van der Waals surface area (Å²) in [5.41, 5.74) is -0.130. The van der Waals surface area contributed by atoms with Gasteiger partial charge in [0, 0.05) is 0 Å². The third kappa shape index (κ3) is 2.20. The summed E-state index contributed by atoms with van der Waals surface area (Å²) in [5.74, 6) is -0.0386. The number of nitrogens with one attached hydrogen (secondary N) is 1. The molecule has 2 N–H and O–H groups in total. The molecule has 2 aromatic heterocycles. The van der Waals surface area contributed by atoms with E-state index in [-0.39, 0.29) is 12.3 Å². The average molecular weight is 283 g/mol. The highest BCUT2D eigenvalue weighted by molar-refractivity contribution is 5.45. The molecule has 2 heterocycles. The second kappa shape index (κ2) is 4.93. The molecule has 0 amide bonds. The highest BCUT2D eigenvalue weighted by Gasteiger charge is 2.33. The van der Waals surface area contributed by atoms with E-state index in [4.69, 9.17) is 0 Å². The highest BCUT2D eigenvalue weighted by Crippen LogP contribution is 2.32. The maximum atomic E-state index is 12.8. The Hall–Kier alpha value is -1.83. The first-order chi connectivity index (χ1) is 9.63. The van der Waals surface area contributed by atoms with Crippen LogP contribution in [0.1, 0.15) is 37.9 Å². The summed E-state index contributed by atoms with van der Waals surface area (Å²) in [4.78, 5) is 0. The van der Waals surface area contributed by atoms with E-state index in [0.717, 1.165) is 30.2 Å². The Balaban J connectivity index is 1.94. The number of anilines is 1. The van der Waals surface area contributed by atoms with Crippen molar-refractivity contribution in [2.24, 2.45) is 0 Å². The molecule has 0 aromatic carbocycles. The van der Waals surface area contributed by atoms with E-state index < -0.39 is 17.8 Å². The van der Waals surface area contributed by atoms with Gasteiger partial charge in [0.25, 0.3) is 6.43 Å². The molecule has 1 aliphatic carbocycles. The number of alkyl halides is 2. The first kappa shape index (κ1) is 13.2. The average Bonchev–Trinajstić information content (AvgIpc) is 3.05. The summed E-state index contributed by atoms with van der Waals surface area (Å²) in [7, 11) is 0. The number of nitrogens with zero attached hydrogens (tertiary/aromatic N) is 4. The van der Waals surface area contributed by atoms with E-state index in [0.29, 0.717) is 5.82 Å². The van der Waals surface area contributed by atoms with Crippen LogP contribution in [0.4, 0.5) is 14.6 Å². The van der Waals surface area contributed by atoms with Crippen molar-refractivity contribution in [2.75, 3.05) is 11.9 Å². The number of aliphatic hydroxyl groups is 1. The van der Waals surface area contributed by atoms with Crippen LogP contribution in [0, 0.1) is 0 Å². The smallest absolute Gasteiger partial charge is 0.299 e. The molecule has 1 fully saturated rings. The zero-order valence-electron chi connectivity index (χ0n) is 10.8. The van der Waals surface area contributed by atoms with E-state index in [9.17, 15) is 13.9 Å². The Labute approximate surface area is 113 Å². The van der Waals surface area contributed by atoms with Crippen LogP contribution in [0.2, 0.25) is 0 Å². The minimum absolute atomic E-state index is 0.00337. The molecule has 1 saturated carbocycles. The van der Waals surface area contributed by atoms with Crippen molar-refractivity contribution in [2.45, 2.75) is 37.6 Å². The number of hydrogen-bond donors (Lipinski definition) is 2. The van der Waals surface area contributed by atoms with E-state index >= 15 is 0 Å². The molecule has 0 spiro atoms. The Morgan fingerprint density at radius 3 is 2.70 bits per heavy atom. The van der Waals surface area contributed by atoms with Crippen molar-refractivity contribution in [3.05, 3.63) is 18.0 Å². The molecular weight excluding hydrogens is 268 g/mol. The third-order valence-corrected chi connectivity index (χ3v) is 3.74. The van der Waals surface area contributed by atoms with Crippen LogP contribution in [-0.4, -0.2) is 37.1 Å². The number of aliphatic hydroxyl groups excluding tert-OH is 1. The molecule has 6 nitrogen and oxygen atoms in total. The largest absolute Gasteiger partial charge is 0.394 e. The van der Waals surface area contributed by atoms with Gasteiger partial charge in [-0.3, -0.25) is 0 Å². The molecule has 20 heavy (non-hydrogen) atoms. The molecule has 0 radical (unpaired) electrons. The fourth-order valence-corrected chi connectivity index (χ4v) is 2.65. The van der Waals surface area contributed by atoms with Gasteiger partial charge in [-0.2, -0.15) is 4.52 Å². The molecule has 3 rings (SSSR count). The van der Waals surface area contributed by atoms with Crippen molar-refractivity contribution in [3.63, 3.8) is 0 Å². The summed E-state index contributed by atoms with van der Waals surface area (Å²) in [6.45, 7) is -0.00337. The first-order valence-electron chi connectivity index (χ1n) is 6.53. The number of halogens is 2. The molecule has 2 aromatic rings. The summed E-state index contributed by atoms with van der Waals surface area (Å²) >= 11 is 0. The fraction of sp³-hybridized carbons (Fsp3) is 0.583. The maximum absolute atomic E-state index is 12.8. The van der Waals surface area contributed by atoms with Gasteiger partial charge in [0.1, 0.15) is 5.82 Å². The predicted molar refractivity (Wildman–Crippen MR) is 67.6 cm³/mol. The minimum atomic E-state index is -2.73. The summed E-state index contributed by atoms with van der Waals surface area (Å²) < 4.78 is 26.6. The van der Waals surface area contributed by atoms with Gasteiger partial charge >= 0.3 is 0 Å². The van der Waals surface area contributed by atoms with Crippen LogP contribution < -0.4 is 5.32 Å². The summed E-state index contributed by atoms with van der Waals surface area (Å²) in [6.07, 6.45) is 1.02. The van der Waals surface area contributed by atoms with Gasteiger partial charge in [0.2, 0.25) is 5.82 Å². The van der Waals surface area contributed by atoms with E-state index in [1.807, 2.05) is 0 Å². The van der Waals surface area contributed by atoms with Gasteiger partial charge in [0.15, 0.2) is 5.65 Å². The molecule has 0 bridgehead atoms. The van der Waals surface area contributed by atoms with Gasteiger partial charge in [-0.1, -0.05) is 12.8 Å². The van der Waals surface area contributed by atoms with Crippen LogP contribution in [0.5, 0.6) is 0 Å². The molecule has 1 aliphatic rings. The lowest BCUT2D eigenvalue weighted by Gasteiger charge is -2.28. The van der Waals surface area contributed by atoms with Crippen LogP contribution >= 0.6 is 0 Å². The third-order valence-electron chi connectivity index (χ3n) is 3.74. The number of hydrogen-bond acceptors (Lipinski definition) is 5. The van der Waals surface area contributed by atoms with Gasteiger partial charge in [-0.05, 0) is 25.0 Å². The van der Waals surface area contributed by atoms with Gasteiger partial charge < -0.3 is 10.4 Å². The fourth-order valence-electron chi connectivity index (χ4n) is 2.65. The Morgan fingerprint density at radius 1 is 1.30 bits per heavy atom. The second-order valence-electron chi connectivity index (χ2n) is 5.12. The lowest BCUT2D eigenvalue weighted by atomic mass is 9.99. The number of aromatic nitrogens is 4. The molecule has 0 saturated heterocycles. The Morgan fingerprint density at radius 2 is 2.05 bits per heavy atom. The lowest BCUT2D eigenvalue weighted by Crippen LogP contribution is -2.39. The SMILES string of the molecule is OCC1(Nc2ccc3nnc(C(F)F)n3n2)CCCC1. The quantitative estimate of drug-likeness (QED) is 0.894. The van der Waals surface area contributed by atoms with Crippen molar-refractivity contribution < 1.29 is 13.9 Å².